The highest BCUT2D eigenvalue weighted by Gasteiger charge is 2.09. The topological polar surface area (TPSA) is 51.2 Å². The minimum absolute atomic E-state index is 0.0694. The van der Waals surface area contributed by atoms with E-state index in [1.54, 1.807) is 12.1 Å². The van der Waals surface area contributed by atoms with Crippen molar-refractivity contribution in [1.29, 1.82) is 0 Å². The van der Waals surface area contributed by atoms with Crippen molar-refractivity contribution in [3.05, 3.63) is 89.3 Å². The lowest BCUT2D eigenvalue weighted by Gasteiger charge is -2.06. The lowest BCUT2D eigenvalue weighted by Crippen LogP contribution is -2.12. The molecule has 6 heteroatoms. The second-order valence-corrected chi connectivity index (χ2v) is 8.23. The predicted octanol–water partition coefficient (Wildman–Crippen LogP) is 6.93. The zero-order valence-corrected chi connectivity index (χ0v) is 18.3. The number of aromatic nitrogens is 1. The Labute approximate surface area is 190 Å². The molecule has 0 saturated heterocycles. The molecule has 4 rings (SSSR count). The van der Waals surface area contributed by atoms with Crippen molar-refractivity contribution < 1.29 is 9.53 Å². The molecule has 0 spiro atoms. The van der Waals surface area contributed by atoms with Gasteiger partial charge < -0.3 is 10.1 Å². The van der Waals surface area contributed by atoms with E-state index in [0.29, 0.717) is 29.6 Å². The SMILES string of the molecule is O=C(CCCOc1ccc(Cl)cc1)Nc1nc(-c2ccc(-c3ccccc3)cc2)cs1. The minimum Gasteiger partial charge on any atom is -0.494 e. The van der Waals surface area contributed by atoms with Gasteiger partial charge in [0.15, 0.2) is 5.13 Å². The van der Waals surface area contributed by atoms with E-state index in [1.165, 1.54) is 16.9 Å². The van der Waals surface area contributed by atoms with Crippen molar-refractivity contribution in [2.24, 2.45) is 0 Å². The number of carbonyl (C=O) groups excluding carboxylic acids is 1. The van der Waals surface area contributed by atoms with Crippen LogP contribution in [0.25, 0.3) is 22.4 Å². The van der Waals surface area contributed by atoms with Crippen molar-refractivity contribution in [2.45, 2.75) is 12.8 Å². The van der Waals surface area contributed by atoms with E-state index in [-0.39, 0.29) is 5.91 Å². The van der Waals surface area contributed by atoms with Gasteiger partial charge in [-0.3, -0.25) is 4.79 Å². The number of hydrogen-bond acceptors (Lipinski definition) is 4. The summed E-state index contributed by atoms with van der Waals surface area (Å²) in [5.74, 6) is 0.674. The highest BCUT2D eigenvalue weighted by molar-refractivity contribution is 7.14. The zero-order chi connectivity index (χ0) is 21.5. The van der Waals surface area contributed by atoms with Gasteiger partial charge >= 0.3 is 0 Å². The van der Waals surface area contributed by atoms with Crippen molar-refractivity contribution >= 4 is 34.0 Å². The zero-order valence-electron chi connectivity index (χ0n) is 16.8. The van der Waals surface area contributed by atoms with Gasteiger partial charge in [-0.05, 0) is 41.8 Å². The van der Waals surface area contributed by atoms with Crippen molar-refractivity contribution in [3.8, 4) is 28.1 Å². The van der Waals surface area contributed by atoms with Gasteiger partial charge in [-0.15, -0.1) is 11.3 Å². The van der Waals surface area contributed by atoms with Crippen LogP contribution in [0.2, 0.25) is 5.02 Å². The number of halogens is 1. The summed E-state index contributed by atoms with van der Waals surface area (Å²) in [5, 5.41) is 6.10. The summed E-state index contributed by atoms with van der Waals surface area (Å²) in [4.78, 5) is 16.7. The van der Waals surface area contributed by atoms with Crippen LogP contribution in [0.1, 0.15) is 12.8 Å². The molecule has 1 amide bonds. The molecule has 0 fully saturated rings. The monoisotopic (exact) mass is 448 g/mol. The number of hydrogen-bond donors (Lipinski definition) is 1. The summed E-state index contributed by atoms with van der Waals surface area (Å²) in [5.41, 5.74) is 4.22. The maximum atomic E-state index is 12.2. The Balaban J connectivity index is 1.26. The van der Waals surface area contributed by atoms with Crippen LogP contribution in [-0.2, 0) is 4.79 Å². The number of amides is 1. The molecular formula is C25H21ClN2O2S. The van der Waals surface area contributed by atoms with Crippen LogP contribution in [0, 0.1) is 0 Å². The number of nitrogens with one attached hydrogen (secondary N) is 1. The number of benzene rings is 3. The van der Waals surface area contributed by atoms with E-state index in [2.05, 4.69) is 46.7 Å². The smallest absolute Gasteiger partial charge is 0.226 e. The van der Waals surface area contributed by atoms with Crippen LogP contribution >= 0.6 is 22.9 Å². The first-order valence-corrected chi connectivity index (χ1v) is 11.2. The Morgan fingerprint density at radius 3 is 2.32 bits per heavy atom. The van der Waals surface area contributed by atoms with E-state index in [9.17, 15) is 4.79 Å². The fraction of sp³-hybridized carbons (Fsp3) is 0.120. The van der Waals surface area contributed by atoms with Gasteiger partial charge in [0.1, 0.15) is 5.75 Å². The molecular weight excluding hydrogens is 428 g/mol. The van der Waals surface area contributed by atoms with Gasteiger partial charge in [0.25, 0.3) is 0 Å². The Morgan fingerprint density at radius 1 is 0.903 bits per heavy atom. The van der Waals surface area contributed by atoms with Crippen LogP contribution in [-0.4, -0.2) is 17.5 Å². The lowest BCUT2D eigenvalue weighted by atomic mass is 10.0. The van der Waals surface area contributed by atoms with Gasteiger partial charge in [0, 0.05) is 22.4 Å². The standard InChI is InChI=1S/C25H21ClN2O2S/c26-21-12-14-22(15-13-21)30-16-4-7-24(29)28-25-27-23(17-31-25)20-10-8-19(9-11-20)18-5-2-1-3-6-18/h1-3,5-6,8-15,17H,4,7,16H2,(H,27,28,29). The summed E-state index contributed by atoms with van der Waals surface area (Å²) in [6.07, 6.45) is 0.988. The van der Waals surface area contributed by atoms with Gasteiger partial charge in [0.2, 0.25) is 5.91 Å². The van der Waals surface area contributed by atoms with Crippen LogP contribution < -0.4 is 10.1 Å². The molecule has 0 saturated carbocycles. The average molecular weight is 449 g/mol. The molecule has 1 aromatic heterocycles. The van der Waals surface area contributed by atoms with Crippen LogP contribution in [0.5, 0.6) is 5.75 Å². The summed E-state index contributed by atoms with van der Waals surface area (Å²) in [6.45, 7) is 0.464. The highest BCUT2D eigenvalue weighted by atomic mass is 35.5. The molecule has 1 heterocycles. The Hall–Kier alpha value is -3.15. The summed E-state index contributed by atoms with van der Waals surface area (Å²) in [7, 11) is 0. The Bertz CT molecular complexity index is 1130. The minimum atomic E-state index is -0.0694. The summed E-state index contributed by atoms with van der Waals surface area (Å²) >= 11 is 7.28. The lowest BCUT2D eigenvalue weighted by molar-refractivity contribution is -0.116. The molecule has 0 atom stereocenters. The first-order chi connectivity index (χ1) is 15.2. The number of rotatable bonds is 8. The molecule has 0 aliphatic heterocycles. The number of nitrogens with zero attached hydrogens (tertiary/aromatic N) is 1. The fourth-order valence-corrected chi connectivity index (χ4v) is 3.92. The molecule has 31 heavy (non-hydrogen) atoms. The van der Waals surface area contributed by atoms with E-state index < -0.39 is 0 Å². The normalized spacial score (nSPS) is 10.6. The molecule has 0 unspecified atom stereocenters. The van der Waals surface area contributed by atoms with E-state index in [4.69, 9.17) is 16.3 Å². The maximum Gasteiger partial charge on any atom is 0.226 e. The number of anilines is 1. The molecule has 0 aliphatic rings. The third kappa shape index (κ3) is 5.94. The molecule has 0 aliphatic carbocycles. The average Bonchev–Trinajstić information content (AvgIpc) is 3.27. The second kappa shape index (κ2) is 10.2. The molecule has 0 radical (unpaired) electrons. The van der Waals surface area contributed by atoms with Crippen LogP contribution in [0.3, 0.4) is 0 Å². The van der Waals surface area contributed by atoms with Crippen LogP contribution in [0.4, 0.5) is 5.13 Å². The van der Waals surface area contributed by atoms with Gasteiger partial charge in [-0.1, -0.05) is 66.2 Å². The van der Waals surface area contributed by atoms with Crippen LogP contribution in [0.15, 0.2) is 84.2 Å². The first kappa shape index (κ1) is 21.1. The third-order valence-electron chi connectivity index (χ3n) is 4.67. The molecule has 0 bridgehead atoms. The van der Waals surface area contributed by atoms with E-state index in [0.717, 1.165) is 22.6 Å². The molecule has 156 valence electrons. The largest absolute Gasteiger partial charge is 0.494 e. The van der Waals surface area contributed by atoms with Gasteiger partial charge in [0.05, 0.1) is 12.3 Å². The number of ether oxygens (including phenoxy) is 1. The van der Waals surface area contributed by atoms with Crippen molar-refractivity contribution in [3.63, 3.8) is 0 Å². The van der Waals surface area contributed by atoms with Crippen molar-refractivity contribution in [1.82, 2.24) is 4.98 Å². The van der Waals surface area contributed by atoms with E-state index in [1.807, 2.05) is 35.7 Å². The number of thiazole rings is 1. The molecule has 4 nitrogen and oxygen atoms in total. The predicted molar refractivity (Wildman–Crippen MR) is 128 cm³/mol. The van der Waals surface area contributed by atoms with Gasteiger partial charge in [-0.2, -0.15) is 0 Å². The molecule has 3 aromatic carbocycles. The van der Waals surface area contributed by atoms with Crippen molar-refractivity contribution in [2.75, 3.05) is 11.9 Å². The highest BCUT2D eigenvalue weighted by Crippen LogP contribution is 2.27. The fourth-order valence-electron chi connectivity index (χ4n) is 3.06. The van der Waals surface area contributed by atoms with E-state index >= 15 is 0 Å². The Kier molecular flexibility index (Phi) is 6.97. The number of carbonyl (C=O) groups is 1. The Morgan fingerprint density at radius 2 is 1.58 bits per heavy atom. The first-order valence-electron chi connectivity index (χ1n) is 9.97. The molecule has 1 N–H and O–H groups in total. The quantitative estimate of drug-likeness (QED) is 0.297. The van der Waals surface area contributed by atoms with Gasteiger partial charge in [-0.25, -0.2) is 4.98 Å². The summed E-state index contributed by atoms with van der Waals surface area (Å²) < 4.78 is 5.61. The summed E-state index contributed by atoms with van der Waals surface area (Å²) in [6, 6.07) is 25.7. The third-order valence-corrected chi connectivity index (χ3v) is 5.68. The second-order valence-electron chi connectivity index (χ2n) is 6.94. The maximum absolute atomic E-state index is 12.2. The molecule has 4 aromatic rings.